The zero-order valence-corrected chi connectivity index (χ0v) is 16.2. The molecule has 142 valence electrons. The average Bonchev–Trinajstić information content (AvgIpc) is 2.74. The van der Waals surface area contributed by atoms with E-state index >= 15 is 0 Å². The maximum Gasteiger partial charge on any atom is 0.374 e. The number of anilines is 2. The lowest BCUT2D eigenvalue weighted by atomic mass is 9.57. The van der Waals surface area contributed by atoms with Gasteiger partial charge in [-0.3, -0.25) is 4.79 Å². The molecule has 0 fully saturated rings. The molecule has 0 saturated carbocycles. The second kappa shape index (κ2) is 8.38. The zero-order valence-electron chi connectivity index (χ0n) is 16.2. The van der Waals surface area contributed by atoms with Crippen LogP contribution in [0.1, 0.15) is 24.8 Å². The predicted molar refractivity (Wildman–Crippen MR) is 117 cm³/mol. The molecule has 4 rings (SSSR count). The Balaban J connectivity index is 1.51. The number of methoxy groups -OCH3 is 1. The van der Waals surface area contributed by atoms with Crippen LogP contribution in [0.25, 0.3) is 10.8 Å². The van der Waals surface area contributed by atoms with Gasteiger partial charge in [0.25, 0.3) is 0 Å². The molecule has 0 amide bonds. The molecule has 2 N–H and O–H groups in total. The molecule has 3 aromatic rings. The molecule has 28 heavy (non-hydrogen) atoms. The molecular formula is C23H25BN2O2. The summed E-state index contributed by atoms with van der Waals surface area (Å²) < 4.78 is 4.97. The van der Waals surface area contributed by atoms with Crippen molar-refractivity contribution in [1.29, 1.82) is 0 Å². The maximum absolute atomic E-state index is 12.1. The van der Waals surface area contributed by atoms with Crippen LogP contribution < -0.4 is 10.5 Å². The lowest BCUT2D eigenvalue weighted by Crippen LogP contribution is -2.42. The number of hydrogen-bond acceptors (Lipinski definition) is 4. The molecule has 0 unspecified atom stereocenters. The molecule has 1 aliphatic heterocycles. The number of ether oxygens (including phenoxy) is 1. The zero-order chi connectivity index (χ0) is 19.3. The van der Waals surface area contributed by atoms with Gasteiger partial charge in [0.05, 0.1) is 7.11 Å². The second-order valence-corrected chi connectivity index (χ2v) is 7.39. The molecule has 0 aliphatic carbocycles. The molecular weight excluding hydrogens is 347 g/mol. The molecule has 0 bridgehead atoms. The lowest BCUT2D eigenvalue weighted by molar-refractivity contribution is -0.140. The van der Waals surface area contributed by atoms with Crippen LogP contribution in [0.2, 0.25) is 5.82 Å². The SMILES string of the molecule is COC(=O)C[C@@H](CCCc1ccccc1)B1Nc2cccc3cccc(c23)N1. The van der Waals surface area contributed by atoms with E-state index in [1.54, 1.807) is 0 Å². The van der Waals surface area contributed by atoms with Crippen LogP contribution in [0.15, 0.2) is 66.7 Å². The van der Waals surface area contributed by atoms with Gasteiger partial charge < -0.3 is 15.2 Å². The molecule has 0 aromatic heterocycles. The Morgan fingerprint density at radius 2 is 1.64 bits per heavy atom. The highest BCUT2D eigenvalue weighted by molar-refractivity contribution is 6.69. The number of nitrogens with one attached hydrogen (secondary N) is 2. The highest BCUT2D eigenvalue weighted by Crippen LogP contribution is 2.37. The van der Waals surface area contributed by atoms with Crippen molar-refractivity contribution < 1.29 is 9.53 Å². The van der Waals surface area contributed by atoms with Crippen molar-refractivity contribution in [3.05, 3.63) is 72.3 Å². The molecule has 3 aromatic carbocycles. The van der Waals surface area contributed by atoms with E-state index in [0.29, 0.717) is 6.42 Å². The first kappa shape index (κ1) is 18.4. The summed E-state index contributed by atoms with van der Waals surface area (Å²) in [5.41, 5.74) is 3.57. The summed E-state index contributed by atoms with van der Waals surface area (Å²) in [6.45, 7) is -0.00428. The summed E-state index contributed by atoms with van der Waals surface area (Å²) in [7, 11) is 1.46. The third-order valence-electron chi connectivity index (χ3n) is 5.54. The first-order chi connectivity index (χ1) is 13.7. The van der Waals surface area contributed by atoms with Gasteiger partial charge in [0.2, 0.25) is 0 Å². The van der Waals surface area contributed by atoms with Gasteiger partial charge in [-0.15, -0.1) is 0 Å². The first-order valence-electron chi connectivity index (χ1n) is 9.90. The summed E-state index contributed by atoms with van der Waals surface area (Å²) >= 11 is 0. The Labute approximate surface area is 166 Å². The molecule has 0 radical (unpaired) electrons. The van der Waals surface area contributed by atoms with E-state index in [-0.39, 0.29) is 18.8 Å². The van der Waals surface area contributed by atoms with Crippen LogP contribution in [0.3, 0.4) is 0 Å². The van der Waals surface area contributed by atoms with E-state index in [2.05, 4.69) is 71.1 Å². The minimum atomic E-state index is -0.162. The van der Waals surface area contributed by atoms with Crippen molar-refractivity contribution in [2.75, 3.05) is 17.6 Å². The Morgan fingerprint density at radius 1 is 0.964 bits per heavy atom. The molecule has 0 spiro atoms. The molecule has 4 nitrogen and oxygen atoms in total. The van der Waals surface area contributed by atoms with Gasteiger partial charge in [0.15, 0.2) is 0 Å². The Kier molecular flexibility index (Phi) is 5.51. The third-order valence-corrected chi connectivity index (χ3v) is 5.54. The fourth-order valence-electron chi connectivity index (χ4n) is 4.09. The normalized spacial score (nSPS) is 13.5. The summed E-state index contributed by atoms with van der Waals surface area (Å²) in [6.07, 6.45) is 3.37. The van der Waals surface area contributed by atoms with Crippen LogP contribution in [0, 0.1) is 0 Å². The number of esters is 1. The third kappa shape index (κ3) is 3.98. The number of hydrogen-bond donors (Lipinski definition) is 2. The number of benzene rings is 3. The topological polar surface area (TPSA) is 50.4 Å². The fourth-order valence-corrected chi connectivity index (χ4v) is 4.09. The Morgan fingerprint density at radius 3 is 2.29 bits per heavy atom. The minimum Gasteiger partial charge on any atom is -0.469 e. The monoisotopic (exact) mass is 372 g/mol. The number of carbonyl (C=O) groups is 1. The van der Waals surface area contributed by atoms with Crippen molar-refractivity contribution in [3.8, 4) is 0 Å². The number of rotatable bonds is 7. The van der Waals surface area contributed by atoms with E-state index in [4.69, 9.17) is 4.74 Å². The maximum atomic E-state index is 12.1. The van der Waals surface area contributed by atoms with Gasteiger partial charge in [0, 0.05) is 23.2 Å². The summed E-state index contributed by atoms with van der Waals surface area (Å²) in [6, 6.07) is 23.1. The van der Waals surface area contributed by atoms with Crippen LogP contribution in [-0.2, 0) is 16.0 Å². The van der Waals surface area contributed by atoms with Gasteiger partial charge in [-0.2, -0.15) is 0 Å². The number of aryl methyl sites for hydroxylation is 1. The van der Waals surface area contributed by atoms with E-state index in [1.807, 2.05) is 6.07 Å². The van der Waals surface area contributed by atoms with Gasteiger partial charge in [-0.1, -0.05) is 61.0 Å². The predicted octanol–water partition coefficient (Wildman–Crippen LogP) is 5.12. The molecule has 0 saturated heterocycles. The lowest BCUT2D eigenvalue weighted by Gasteiger charge is -2.31. The van der Waals surface area contributed by atoms with Crippen molar-refractivity contribution in [1.82, 2.24) is 0 Å². The smallest absolute Gasteiger partial charge is 0.374 e. The average molecular weight is 372 g/mol. The fraction of sp³-hybridized carbons (Fsp3) is 0.261. The van der Waals surface area contributed by atoms with E-state index in [0.717, 1.165) is 30.6 Å². The first-order valence-corrected chi connectivity index (χ1v) is 9.90. The summed E-state index contributed by atoms with van der Waals surface area (Å²) in [5.74, 6) is -0.0230. The van der Waals surface area contributed by atoms with Crippen LogP contribution in [-0.4, -0.2) is 20.1 Å². The molecule has 1 heterocycles. The Bertz CT molecular complexity index is 920. The largest absolute Gasteiger partial charge is 0.469 e. The van der Waals surface area contributed by atoms with Gasteiger partial charge in [-0.05, 0) is 41.7 Å². The number of carbonyl (C=O) groups excluding carboxylic acids is 1. The van der Waals surface area contributed by atoms with E-state index in [1.165, 1.54) is 23.4 Å². The van der Waals surface area contributed by atoms with Crippen LogP contribution in [0.4, 0.5) is 11.4 Å². The highest BCUT2D eigenvalue weighted by Gasteiger charge is 2.33. The van der Waals surface area contributed by atoms with Gasteiger partial charge in [0.1, 0.15) is 0 Å². The van der Waals surface area contributed by atoms with Crippen molar-refractivity contribution >= 4 is 35.1 Å². The van der Waals surface area contributed by atoms with Gasteiger partial charge >= 0.3 is 13.0 Å². The molecule has 1 atom stereocenters. The molecule has 5 heteroatoms. The van der Waals surface area contributed by atoms with Crippen LogP contribution in [0.5, 0.6) is 0 Å². The van der Waals surface area contributed by atoms with Gasteiger partial charge in [-0.25, -0.2) is 0 Å². The minimum absolute atomic E-state index is 0.00428. The quantitative estimate of drug-likeness (QED) is 0.446. The Hall–Kier alpha value is -2.95. The summed E-state index contributed by atoms with van der Waals surface area (Å²) in [4.78, 5) is 12.1. The second-order valence-electron chi connectivity index (χ2n) is 7.39. The van der Waals surface area contributed by atoms with Crippen molar-refractivity contribution in [2.24, 2.45) is 0 Å². The van der Waals surface area contributed by atoms with Crippen molar-refractivity contribution in [3.63, 3.8) is 0 Å². The van der Waals surface area contributed by atoms with E-state index < -0.39 is 0 Å². The molecule has 1 aliphatic rings. The standard InChI is InChI=1S/C23H25BN2O2/c1-28-22(27)16-19(13-5-10-17-8-3-2-4-9-17)24-25-20-14-6-11-18-12-7-15-21(26-24)23(18)20/h2-4,6-9,11-12,14-15,19,25-26H,5,10,13,16H2,1H3/t19-/m1/s1. The van der Waals surface area contributed by atoms with Crippen LogP contribution >= 0.6 is 0 Å². The van der Waals surface area contributed by atoms with Crippen molar-refractivity contribution in [2.45, 2.75) is 31.5 Å². The summed E-state index contributed by atoms with van der Waals surface area (Å²) in [5, 5.41) is 9.66. The van der Waals surface area contributed by atoms with E-state index in [9.17, 15) is 4.79 Å². The highest BCUT2D eigenvalue weighted by atomic mass is 16.5.